The molecule has 2 unspecified atom stereocenters. The van der Waals surface area contributed by atoms with E-state index in [0.717, 1.165) is 22.7 Å². The number of aryl methyl sites for hydroxylation is 1. The number of alkyl halides is 1. The maximum absolute atomic E-state index is 14.1. The molecule has 2 heterocycles. The average Bonchev–Trinajstić information content (AvgIpc) is 3.42. The van der Waals surface area contributed by atoms with Crippen LogP contribution in [0.15, 0.2) is 66.0 Å². The fourth-order valence-electron chi connectivity index (χ4n) is 4.47. The number of thiophene rings is 1. The number of halogens is 1. The molecular formula is C28H32ClN3O3S. The average molecular weight is 526 g/mol. The van der Waals surface area contributed by atoms with Crippen LogP contribution in [0.2, 0.25) is 0 Å². The van der Waals surface area contributed by atoms with Crippen molar-refractivity contribution in [3.8, 4) is 11.5 Å². The number of rotatable bonds is 8. The van der Waals surface area contributed by atoms with E-state index in [2.05, 4.69) is 19.2 Å². The second-order valence-corrected chi connectivity index (χ2v) is 10.5. The Morgan fingerprint density at radius 1 is 1.14 bits per heavy atom. The van der Waals surface area contributed by atoms with Crippen molar-refractivity contribution in [2.75, 3.05) is 30.4 Å². The highest BCUT2D eigenvalue weighted by molar-refractivity contribution is 7.10. The van der Waals surface area contributed by atoms with Gasteiger partial charge in [-0.25, -0.2) is 0 Å². The molecule has 2 aromatic carbocycles. The molecule has 0 saturated carbocycles. The van der Waals surface area contributed by atoms with Gasteiger partial charge in [-0.1, -0.05) is 38.1 Å². The Morgan fingerprint density at radius 2 is 1.92 bits per heavy atom. The lowest BCUT2D eigenvalue weighted by atomic mass is 10.0. The van der Waals surface area contributed by atoms with Crippen molar-refractivity contribution in [2.24, 2.45) is 5.92 Å². The van der Waals surface area contributed by atoms with E-state index in [4.69, 9.17) is 16.3 Å². The van der Waals surface area contributed by atoms with Gasteiger partial charge in [0.15, 0.2) is 0 Å². The molecule has 190 valence electrons. The first kappa shape index (κ1) is 26.2. The zero-order valence-electron chi connectivity index (χ0n) is 20.8. The van der Waals surface area contributed by atoms with E-state index in [1.165, 1.54) is 11.3 Å². The summed E-state index contributed by atoms with van der Waals surface area (Å²) < 4.78 is 5.98. The summed E-state index contributed by atoms with van der Waals surface area (Å²) in [7, 11) is 0. The molecule has 6 nitrogen and oxygen atoms in total. The van der Waals surface area contributed by atoms with Crippen molar-refractivity contribution in [1.82, 2.24) is 10.2 Å². The molecule has 8 heteroatoms. The van der Waals surface area contributed by atoms with Crippen LogP contribution in [0.25, 0.3) is 0 Å². The van der Waals surface area contributed by atoms with Gasteiger partial charge in [0.25, 0.3) is 5.91 Å². The number of hydrogen-bond acceptors (Lipinski definition) is 5. The first-order valence-corrected chi connectivity index (χ1v) is 13.6. The largest absolute Gasteiger partial charge is 0.457 e. The molecule has 1 fully saturated rings. The van der Waals surface area contributed by atoms with Crippen molar-refractivity contribution >= 4 is 40.4 Å². The lowest BCUT2D eigenvalue weighted by Crippen LogP contribution is -2.57. The topological polar surface area (TPSA) is 61.9 Å². The number of piperazine rings is 1. The van der Waals surface area contributed by atoms with Crippen LogP contribution in [0.3, 0.4) is 0 Å². The third kappa shape index (κ3) is 5.91. The minimum absolute atomic E-state index is 0.0907. The predicted octanol–water partition coefficient (Wildman–Crippen LogP) is 5.62. The summed E-state index contributed by atoms with van der Waals surface area (Å²) in [5.41, 5.74) is 1.46. The Kier molecular flexibility index (Phi) is 8.67. The highest BCUT2D eigenvalue weighted by Crippen LogP contribution is 2.36. The van der Waals surface area contributed by atoms with Crippen LogP contribution < -0.4 is 15.0 Å². The van der Waals surface area contributed by atoms with E-state index in [9.17, 15) is 9.59 Å². The second-order valence-electron chi connectivity index (χ2n) is 9.27. The third-order valence-electron chi connectivity index (χ3n) is 6.42. The fraction of sp³-hybridized carbons (Fsp3) is 0.357. The Hall–Kier alpha value is -2.87. The molecule has 0 aliphatic carbocycles. The Balaban J connectivity index is 1.70. The minimum atomic E-state index is -0.790. The number of anilines is 1. The third-order valence-corrected chi connectivity index (χ3v) is 7.57. The number of nitrogens with zero attached hydrogens (tertiary/aromatic N) is 2. The molecule has 3 aromatic rings. The van der Waals surface area contributed by atoms with Crippen molar-refractivity contribution < 1.29 is 14.3 Å². The highest BCUT2D eigenvalue weighted by Gasteiger charge is 2.38. The first-order chi connectivity index (χ1) is 17.4. The zero-order chi connectivity index (χ0) is 25.7. The van der Waals surface area contributed by atoms with Gasteiger partial charge in [0, 0.05) is 36.2 Å². The number of ether oxygens (including phenoxy) is 1. The van der Waals surface area contributed by atoms with Gasteiger partial charge in [0.05, 0.1) is 0 Å². The predicted molar refractivity (Wildman–Crippen MR) is 146 cm³/mol. The van der Waals surface area contributed by atoms with E-state index in [1.54, 1.807) is 4.90 Å². The molecule has 1 N–H and O–H groups in total. The van der Waals surface area contributed by atoms with Gasteiger partial charge in [-0.15, -0.1) is 22.9 Å². The molecule has 0 bridgehead atoms. The lowest BCUT2D eigenvalue weighted by molar-refractivity contribution is -0.135. The number of amides is 2. The zero-order valence-corrected chi connectivity index (χ0v) is 22.4. The summed E-state index contributed by atoms with van der Waals surface area (Å²) in [5, 5.41) is 5.43. The summed E-state index contributed by atoms with van der Waals surface area (Å²) in [5.74, 6) is 1.13. The normalized spacial score (nSPS) is 16.6. The molecule has 1 aliphatic rings. The van der Waals surface area contributed by atoms with E-state index in [0.29, 0.717) is 30.4 Å². The molecule has 1 aliphatic heterocycles. The standard InChI is InChI=1S/C28H32ClN3O3S/c1-19(2)23-18-31(14-13-30-23)28(34)27(25-10-7-15-36-25)32(26(33)17-29)24-12-11-22(16-20(24)3)35-21-8-5-4-6-9-21/h4-12,15-16,19,23,27,30H,13-14,17-18H2,1-3H3. The maximum Gasteiger partial charge on any atom is 0.251 e. The second kappa shape index (κ2) is 11.9. The Labute approximate surface area is 221 Å². The van der Waals surface area contributed by atoms with Crippen LogP contribution in [0.1, 0.15) is 30.3 Å². The molecule has 2 atom stereocenters. The van der Waals surface area contributed by atoms with Gasteiger partial charge in [-0.3, -0.25) is 14.5 Å². The number of para-hydroxylation sites is 1. The summed E-state index contributed by atoms with van der Waals surface area (Å²) >= 11 is 7.57. The highest BCUT2D eigenvalue weighted by atomic mass is 35.5. The van der Waals surface area contributed by atoms with Crippen molar-refractivity contribution in [3.05, 3.63) is 76.5 Å². The van der Waals surface area contributed by atoms with Crippen molar-refractivity contribution in [3.63, 3.8) is 0 Å². The maximum atomic E-state index is 14.1. The number of carbonyl (C=O) groups is 2. The molecule has 1 aromatic heterocycles. The number of carbonyl (C=O) groups excluding carboxylic acids is 2. The van der Waals surface area contributed by atoms with Crippen LogP contribution in [0, 0.1) is 12.8 Å². The van der Waals surface area contributed by atoms with Gasteiger partial charge in [-0.2, -0.15) is 0 Å². The molecule has 36 heavy (non-hydrogen) atoms. The smallest absolute Gasteiger partial charge is 0.251 e. The Bertz CT molecular complexity index is 1170. The summed E-state index contributed by atoms with van der Waals surface area (Å²) in [6.07, 6.45) is 0. The van der Waals surface area contributed by atoms with Crippen molar-refractivity contribution in [1.29, 1.82) is 0 Å². The molecule has 2 amide bonds. The van der Waals surface area contributed by atoms with Gasteiger partial charge >= 0.3 is 0 Å². The summed E-state index contributed by atoms with van der Waals surface area (Å²) in [6.45, 7) is 8.12. The number of benzene rings is 2. The van der Waals surface area contributed by atoms with Crippen LogP contribution in [0.4, 0.5) is 5.69 Å². The van der Waals surface area contributed by atoms with E-state index in [-0.39, 0.29) is 23.7 Å². The van der Waals surface area contributed by atoms with Gasteiger partial charge in [-0.05, 0) is 60.2 Å². The quantitative estimate of drug-likeness (QED) is 0.388. The van der Waals surface area contributed by atoms with Gasteiger partial charge < -0.3 is 15.0 Å². The molecule has 1 saturated heterocycles. The molecule has 0 radical (unpaired) electrons. The van der Waals surface area contributed by atoms with E-state index < -0.39 is 6.04 Å². The number of hydrogen-bond donors (Lipinski definition) is 1. The molecule has 0 spiro atoms. The number of nitrogens with one attached hydrogen (secondary N) is 1. The lowest BCUT2D eigenvalue weighted by Gasteiger charge is -2.40. The minimum Gasteiger partial charge on any atom is -0.457 e. The van der Waals surface area contributed by atoms with Gasteiger partial charge in [0.1, 0.15) is 23.4 Å². The molecule has 4 rings (SSSR count). The van der Waals surface area contributed by atoms with Crippen molar-refractivity contribution in [2.45, 2.75) is 32.9 Å². The monoisotopic (exact) mass is 525 g/mol. The van der Waals surface area contributed by atoms with Crippen LogP contribution in [-0.2, 0) is 9.59 Å². The SMILES string of the molecule is Cc1cc(Oc2ccccc2)ccc1N(C(=O)CCl)C(C(=O)N1CCNC(C(C)C)C1)c1cccs1. The molecular weight excluding hydrogens is 494 g/mol. The van der Waals surface area contributed by atoms with Crippen LogP contribution >= 0.6 is 22.9 Å². The van der Waals surface area contributed by atoms with Crippen LogP contribution in [-0.4, -0.2) is 48.3 Å². The van der Waals surface area contributed by atoms with Gasteiger partial charge in [0.2, 0.25) is 5.91 Å². The van der Waals surface area contributed by atoms with E-state index >= 15 is 0 Å². The summed E-state index contributed by atoms with van der Waals surface area (Å²) in [6, 6.07) is 18.3. The first-order valence-electron chi connectivity index (χ1n) is 12.2. The Morgan fingerprint density at radius 3 is 2.56 bits per heavy atom. The summed E-state index contributed by atoms with van der Waals surface area (Å²) in [4.78, 5) is 31.6. The van der Waals surface area contributed by atoms with Crippen LogP contribution in [0.5, 0.6) is 11.5 Å². The van der Waals surface area contributed by atoms with E-state index in [1.807, 2.05) is 77.9 Å². The fourth-order valence-corrected chi connectivity index (χ4v) is 5.41.